The lowest BCUT2D eigenvalue weighted by Gasteiger charge is -2.22. The van der Waals surface area contributed by atoms with Crippen LogP contribution in [0.25, 0.3) is 78.3 Å². The molecule has 9 rings (SSSR count). The first-order valence-electron chi connectivity index (χ1n) is 16.8. The van der Waals surface area contributed by atoms with Gasteiger partial charge in [0.1, 0.15) is 0 Å². The Morgan fingerprint density at radius 1 is 0.367 bits per heavy atom. The molecule has 232 valence electrons. The summed E-state index contributed by atoms with van der Waals surface area (Å²) in [6.45, 7) is 4.69. The summed E-state index contributed by atoms with van der Waals surface area (Å²) in [6.07, 6.45) is 0. The fourth-order valence-corrected chi connectivity index (χ4v) is 7.42. The average molecular weight is 628 g/mol. The number of aromatic nitrogens is 3. The van der Waals surface area contributed by atoms with E-state index in [1.807, 2.05) is 60.7 Å². The molecular formula is C46H33N3. The van der Waals surface area contributed by atoms with Crippen LogP contribution < -0.4 is 0 Å². The van der Waals surface area contributed by atoms with Gasteiger partial charge < -0.3 is 0 Å². The number of benzene rings is 7. The van der Waals surface area contributed by atoms with Gasteiger partial charge in [-0.1, -0.05) is 172 Å². The average Bonchev–Trinajstić information content (AvgIpc) is 3.40. The molecule has 0 aliphatic heterocycles. The van der Waals surface area contributed by atoms with Gasteiger partial charge in [0.2, 0.25) is 0 Å². The summed E-state index contributed by atoms with van der Waals surface area (Å²) in [6, 6.07) is 58.0. The van der Waals surface area contributed by atoms with E-state index in [1.165, 1.54) is 49.7 Å². The van der Waals surface area contributed by atoms with E-state index in [1.54, 1.807) is 0 Å². The number of fused-ring (bicyclic) bond motifs is 4. The Kier molecular flexibility index (Phi) is 6.80. The van der Waals surface area contributed by atoms with Crippen molar-refractivity contribution in [2.45, 2.75) is 19.3 Å². The minimum absolute atomic E-state index is 0.0733. The van der Waals surface area contributed by atoms with Gasteiger partial charge in [0.15, 0.2) is 17.5 Å². The Bertz CT molecular complexity index is 2440. The van der Waals surface area contributed by atoms with Crippen molar-refractivity contribution in [3.63, 3.8) is 0 Å². The minimum Gasteiger partial charge on any atom is -0.208 e. The molecule has 0 fully saturated rings. The van der Waals surface area contributed by atoms with Gasteiger partial charge in [-0.25, -0.2) is 15.0 Å². The standard InChI is InChI=1S/C46H33N3/c1-46(2)40-20-12-11-19-38(40)39-28-26-35(29-41(39)46)42-36-18-10-9-13-30(36)25-27-37(42)31-21-23-34(24-22-31)45-48-43(32-14-5-3-6-15-32)47-44(49-45)33-16-7-4-8-17-33/h3-29H,1-2H3. The van der Waals surface area contributed by atoms with Crippen molar-refractivity contribution >= 4 is 10.8 Å². The number of hydrogen-bond donors (Lipinski definition) is 0. The summed E-state index contributed by atoms with van der Waals surface area (Å²) in [5.41, 5.74) is 13.0. The van der Waals surface area contributed by atoms with E-state index >= 15 is 0 Å². The molecule has 0 radical (unpaired) electrons. The van der Waals surface area contributed by atoms with E-state index < -0.39 is 0 Å². The zero-order valence-corrected chi connectivity index (χ0v) is 27.4. The van der Waals surface area contributed by atoms with Gasteiger partial charge in [0.25, 0.3) is 0 Å². The van der Waals surface area contributed by atoms with Crippen molar-refractivity contribution in [1.29, 1.82) is 0 Å². The van der Waals surface area contributed by atoms with Gasteiger partial charge in [0, 0.05) is 22.1 Å². The highest BCUT2D eigenvalue weighted by atomic mass is 15.0. The normalized spacial score (nSPS) is 12.9. The molecular weight excluding hydrogens is 595 g/mol. The van der Waals surface area contributed by atoms with Gasteiger partial charge >= 0.3 is 0 Å². The topological polar surface area (TPSA) is 38.7 Å². The van der Waals surface area contributed by atoms with Crippen molar-refractivity contribution in [1.82, 2.24) is 15.0 Å². The molecule has 49 heavy (non-hydrogen) atoms. The summed E-state index contributed by atoms with van der Waals surface area (Å²) >= 11 is 0. The predicted octanol–water partition coefficient (Wildman–Crippen LogP) is 11.7. The quantitative estimate of drug-likeness (QED) is 0.191. The lowest BCUT2D eigenvalue weighted by atomic mass is 9.81. The van der Waals surface area contributed by atoms with Crippen molar-refractivity contribution < 1.29 is 0 Å². The van der Waals surface area contributed by atoms with Crippen molar-refractivity contribution in [2.75, 3.05) is 0 Å². The Balaban J connectivity index is 1.17. The van der Waals surface area contributed by atoms with Crippen LogP contribution in [0.3, 0.4) is 0 Å². The first-order chi connectivity index (χ1) is 24.0. The van der Waals surface area contributed by atoms with Gasteiger partial charge in [-0.3, -0.25) is 0 Å². The van der Waals surface area contributed by atoms with E-state index in [4.69, 9.17) is 15.0 Å². The maximum absolute atomic E-state index is 4.95. The van der Waals surface area contributed by atoms with E-state index in [0.717, 1.165) is 22.3 Å². The third-order valence-corrected chi connectivity index (χ3v) is 9.95. The van der Waals surface area contributed by atoms with Crippen LogP contribution in [0, 0.1) is 0 Å². The second kappa shape index (κ2) is 11.5. The second-order valence-electron chi connectivity index (χ2n) is 13.3. The zero-order chi connectivity index (χ0) is 33.0. The Hall–Kier alpha value is -6.19. The Labute approximate surface area is 286 Å². The van der Waals surface area contributed by atoms with Crippen LogP contribution in [0.2, 0.25) is 0 Å². The maximum Gasteiger partial charge on any atom is 0.164 e. The van der Waals surface area contributed by atoms with Crippen LogP contribution in [0.15, 0.2) is 164 Å². The van der Waals surface area contributed by atoms with Crippen LogP contribution in [0.5, 0.6) is 0 Å². The fourth-order valence-electron chi connectivity index (χ4n) is 7.42. The van der Waals surface area contributed by atoms with E-state index in [9.17, 15) is 0 Å². The van der Waals surface area contributed by atoms with Gasteiger partial charge in [-0.15, -0.1) is 0 Å². The molecule has 3 heteroatoms. The molecule has 0 saturated heterocycles. The number of rotatable bonds is 5. The first kappa shape index (κ1) is 29.0. The molecule has 0 spiro atoms. The molecule has 0 bridgehead atoms. The highest BCUT2D eigenvalue weighted by molar-refractivity contribution is 6.05. The third-order valence-electron chi connectivity index (χ3n) is 9.95. The van der Waals surface area contributed by atoms with E-state index in [2.05, 4.69) is 117 Å². The lowest BCUT2D eigenvalue weighted by Crippen LogP contribution is -2.14. The molecule has 1 aromatic heterocycles. The molecule has 1 heterocycles. The summed E-state index contributed by atoms with van der Waals surface area (Å²) in [7, 11) is 0. The molecule has 0 saturated carbocycles. The smallest absolute Gasteiger partial charge is 0.164 e. The van der Waals surface area contributed by atoms with Gasteiger partial charge in [-0.2, -0.15) is 0 Å². The molecule has 7 aromatic carbocycles. The summed E-state index contributed by atoms with van der Waals surface area (Å²) in [5.74, 6) is 1.97. The molecule has 0 N–H and O–H groups in total. The van der Waals surface area contributed by atoms with Crippen molar-refractivity contribution in [3.8, 4) is 67.5 Å². The van der Waals surface area contributed by atoms with Gasteiger partial charge in [-0.05, 0) is 61.3 Å². The molecule has 0 atom stereocenters. The second-order valence-corrected chi connectivity index (χ2v) is 13.3. The van der Waals surface area contributed by atoms with Crippen LogP contribution in [-0.4, -0.2) is 15.0 Å². The van der Waals surface area contributed by atoms with Gasteiger partial charge in [0.05, 0.1) is 0 Å². The molecule has 3 nitrogen and oxygen atoms in total. The Morgan fingerprint density at radius 2 is 0.857 bits per heavy atom. The third kappa shape index (κ3) is 4.94. The fraction of sp³-hybridized carbons (Fsp3) is 0.0652. The highest BCUT2D eigenvalue weighted by Crippen LogP contribution is 2.50. The highest BCUT2D eigenvalue weighted by Gasteiger charge is 2.35. The summed E-state index contributed by atoms with van der Waals surface area (Å²) in [5, 5.41) is 2.47. The van der Waals surface area contributed by atoms with Crippen LogP contribution in [0.1, 0.15) is 25.0 Å². The monoisotopic (exact) mass is 627 g/mol. The molecule has 1 aliphatic carbocycles. The van der Waals surface area contributed by atoms with Crippen LogP contribution >= 0.6 is 0 Å². The van der Waals surface area contributed by atoms with Crippen LogP contribution in [-0.2, 0) is 5.41 Å². The molecule has 8 aromatic rings. The largest absolute Gasteiger partial charge is 0.208 e. The zero-order valence-electron chi connectivity index (χ0n) is 27.4. The number of nitrogens with zero attached hydrogens (tertiary/aromatic N) is 3. The summed E-state index contributed by atoms with van der Waals surface area (Å²) < 4.78 is 0. The van der Waals surface area contributed by atoms with Crippen molar-refractivity contribution in [2.24, 2.45) is 0 Å². The predicted molar refractivity (Wildman–Crippen MR) is 202 cm³/mol. The first-order valence-corrected chi connectivity index (χ1v) is 16.8. The van der Waals surface area contributed by atoms with E-state index in [0.29, 0.717) is 17.5 Å². The molecule has 0 unspecified atom stereocenters. The number of hydrogen-bond acceptors (Lipinski definition) is 3. The van der Waals surface area contributed by atoms with Crippen LogP contribution in [0.4, 0.5) is 0 Å². The molecule has 0 amide bonds. The lowest BCUT2D eigenvalue weighted by molar-refractivity contribution is 0.660. The summed E-state index contributed by atoms with van der Waals surface area (Å²) in [4.78, 5) is 14.8. The maximum atomic E-state index is 4.95. The molecule has 1 aliphatic rings. The Morgan fingerprint density at radius 3 is 1.53 bits per heavy atom. The van der Waals surface area contributed by atoms with Crippen molar-refractivity contribution in [3.05, 3.63) is 175 Å². The van der Waals surface area contributed by atoms with E-state index in [-0.39, 0.29) is 5.41 Å². The SMILES string of the molecule is CC1(C)c2ccccc2-c2ccc(-c3c(-c4ccc(-c5nc(-c6ccccc6)nc(-c6ccccc6)n5)cc4)ccc4ccccc34)cc21. The minimum atomic E-state index is -0.0733.